The van der Waals surface area contributed by atoms with Crippen molar-refractivity contribution in [2.24, 2.45) is 5.73 Å². The number of nitrogens with zero attached hydrogens (tertiary/aromatic N) is 1. The maximum atomic E-state index is 12.5. The van der Waals surface area contributed by atoms with Gasteiger partial charge in [-0.1, -0.05) is 0 Å². The van der Waals surface area contributed by atoms with Gasteiger partial charge in [-0.15, -0.1) is 0 Å². The smallest absolute Gasteiger partial charge is 0.411 e. The molecule has 1 amide bonds. The van der Waals surface area contributed by atoms with E-state index in [9.17, 15) is 9.59 Å². The molecule has 1 unspecified atom stereocenters. The second kappa shape index (κ2) is 6.86. The predicted octanol–water partition coefficient (Wildman–Crippen LogP) is 2.20. The average Bonchev–Trinajstić information content (AvgIpc) is 2.89. The van der Waals surface area contributed by atoms with Crippen LogP contribution in [-0.4, -0.2) is 47.3 Å². The molecule has 0 spiro atoms. The normalized spacial score (nSPS) is 26.8. The number of hydrogen-bond donors (Lipinski definition) is 1. The Balaban J connectivity index is 2.02. The Morgan fingerprint density at radius 1 is 1.14 bits per heavy atom. The number of likely N-dealkylation sites (tertiary alicyclic amines) is 1. The summed E-state index contributed by atoms with van der Waals surface area (Å²) in [7, 11) is 0. The summed E-state index contributed by atoms with van der Waals surface area (Å²) in [4.78, 5) is 26.3. The van der Waals surface area contributed by atoms with E-state index in [4.69, 9.17) is 15.2 Å². The third kappa shape index (κ3) is 4.60. The van der Waals surface area contributed by atoms with Crippen molar-refractivity contribution in [3.8, 4) is 0 Å². The van der Waals surface area contributed by atoms with Gasteiger partial charge in [0.25, 0.3) is 0 Å². The Labute approximate surface area is 132 Å². The van der Waals surface area contributed by atoms with Gasteiger partial charge in [0.15, 0.2) is 0 Å². The second-order valence-corrected chi connectivity index (χ2v) is 7.32. The van der Waals surface area contributed by atoms with Crippen LogP contribution in [0.1, 0.15) is 59.3 Å². The molecule has 0 aromatic heterocycles. The van der Waals surface area contributed by atoms with E-state index in [-0.39, 0.29) is 18.1 Å². The van der Waals surface area contributed by atoms with Gasteiger partial charge < -0.3 is 15.2 Å². The molecule has 1 saturated carbocycles. The average molecular weight is 312 g/mol. The minimum atomic E-state index is -0.626. The van der Waals surface area contributed by atoms with Crippen LogP contribution >= 0.6 is 0 Å². The molecule has 6 nitrogen and oxygen atoms in total. The van der Waals surface area contributed by atoms with Gasteiger partial charge >= 0.3 is 12.1 Å². The molecule has 0 radical (unpaired) electrons. The van der Waals surface area contributed by atoms with E-state index in [0.29, 0.717) is 19.4 Å². The molecular weight excluding hydrogens is 284 g/mol. The van der Waals surface area contributed by atoms with Crippen molar-refractivity contribution in [3.05, 3.63) is 0 Å². The largest absolute Gasteiger partial charge is 0.461 e. The topological polar surface area (TPSA) is 81.9 Å². The number of carbonyl (C=O) groups is 2. The molecule has 126 valence electrons. The zero-order valence-corrected chi connectivity index (χ0v) is 13.8. The third-order valence-electron chi connectivity index (χ3n) is 4.13. The number of carbonyl (C=O) groups excluding carboxylic acids is 2. The first kappa shape index (κ1) is 17.1. The molecule has 0 aromatic carbocycles. The maximum Gasteiger partial charge on any atom is 0.411 e. The molecule has 0 aromatic rings. The molecule has 0 bridgehead atoms. The summed E-state index contributed by atoms with van der Waals surface area (Å²) in [5, 5.41) is 0. The number of nitrogens with two attached hydrogens (primary N) is 1. The van der Waals surface area contributed by atoms with Crippen LogP contribution in [0.2, 0.25) is 0 Å². The third-order valence-corrected chi connectivity index (χ3v) is 4.13. The summed E-state index contributed by atoms with van der Waals surface area (Å²) < 4.78 is 11.0. The number of piperidine rings is 1. The summed E-state index contributed by atoms with van der Waals surface area (Å²) in [5.74, 6) is -0.340. The lowest BCUT2D eigenvalue weighted by molar-refractivity contribution is -0.156. The lowest BCUT2D eigenvalue weighted by Crippen LogP contribution is -2.55. The zero-order valence-electron chi connectivity index (χ0n) is 13.8. The number of ether oxygens (including phenoxy) is 2. The monoisotopic (exact) mass is 312 g/mol. The van der Waals surface area contributed by atoms with E-state index < -0.39 is 17.7 Å². The second-order valence-electron chi connectivity index (χ2n) is 7.32. The van der Waals surface area contributed by atoms with Crippen molar-refractivity contribution in [3.63, 3.8) is 0 Å². The Bertz CT molecular complexity index is 413. The van der Waals surface area contributed by atoms with Crippen LogP contribution in [0.3, 0.4) is 0 Å². The molecule has 1 heterocycles. The van der Waals surface area contributed by atoms with Crippen molar-refractivity contribution >= 4 is 12.1 Å². The van der Waals surface area contributed by atoms with Crippen LogP contribution < -0.4 is 5.73 Å². The minimum absolute atomic E-state index is 0.00821. The van der Waals surface area contributed by atoms with E-state index in [2.05, 4.69) is 0 Å². The van der Waals surface area contributed by atoms with Gasteiger partial charge in [0.2, 0.25) is 0 Å². The summed E-state index contributed by atoms with van der Waals surface area (Å²) in [6.07, 6.45) is 4.65. The van der Waals surface area contributed by atoms with Crippen LogP contribution in [0.5, 0.6) is 0 Å². The van der Waals surface area contributed by atoms with Gasteiger partial charge in [-0.05, 0) is 59.3 Å². The minimum Gasteiger partial charge on any atom is -0.461 e. The fraction of sp³-hybridized carbons (Fsp3) is 0.875. The van der Waals surface area contributed by atoms with Crippen molar-refractivity contribution in [1.82, 2.24) is 4.90 Å². The van der Waals surface area contributed by atoms with E-state index in [1.807, 2.05) is 20.8 Å². The van der Waals surface area contributed by atoms with Gasteiger partial charge in [0.1, 0.15) is 17.7 Å². The zero-order chi connectivity index (χ0) is 16.3. The highest BCUT2D eigenvalue weighted by Crippen LogP contribution is 2.25. The first-order valence-corrected chi connectivity index (χ1v) is 8.22. The van der Waals surface area contributed by atoms with E-state index in [0.717, 1.165) is 25.7 Å². The number of hydrogen-bond acceptors (Lipinski definition) is 5. The molecule has 1 saturated heterocycles. The van der Waals surface area contributed by atoms with Gasteiger partial charge in [-0.25, -0.2) is 9.59 Å². The molecular formula is C16H28N2O4. The van der Waals surface area contributed by atoms with Crippen LogP contribution in [0.15, 0.2) is 0 Å². The Kier molecular flexibility index (Phi) is 5.32. The van der Waals surface area contributed by atoms with Gasteiger partial charge in [0.05, 0.1) is 0 Å². The standard InChI is InChI=1S/C16H28N2O4/c1-16(2,3)22-15(20)18-9-8-11(17)10-13(18)14(19)21-12-6-4-5-7-12/h11-13H,4-10,17H2,1-3H3/t11?,13-/m0/s1. The van der Waals surface area contributed by atoms with E-state index in [1.54, 1.807) is 0 Å². The maximum absolute atomic E-state index is 12.5. The molecule has 2 rings (SSSR count). The molecule has 1 aliphatic heterocycles. The Morgan fingerprint density at radius 2 is 1.77 bits per heavy atom. The van der Waals surface area contributed by atoms with Gasteiger partial charge in [-0.2, -0.15) is 0 Å². The summed E-state index contributed by atoms with van der Waals surface area (Å²) >= 11 is 0. The molecule has 22 heavy (non-hydrogen) atoms. The number of rotatable bonds is 2. The highest BCUT2D eigenvalue weighted by molar-refractivity contribution is 5.82. The molecule has 6 heteroatoms. The van der Waals surface area contributed by atoms with Crippen LogP contribution in [-0.2, 0) is 14.3 Å². The van der Waals surface area contributed by atoms with Gasteiger partial charge in [0, 0.05) is 12.6 Å². The summed E-state index contributed by atoms with van der Waals surface area (Å²) in [6.45, 7) is 5.87. The molecule has 2 fully saturated rings. The fourth-order valence-electron chi connectivity index (χ4n) is 3.00. The SMILES string of the molecule is CC(C)(C)OC(=O)N1CCC(N)C[C@H]1C(=O)OC1CCCC1. The van der Waals surface area contributed by atoms with Crippen molar-refractivity contribution in [2.45, 2.75) is 83.1 Å². The number of amides is 1. The van der Waals surface area contributed by atoms with Crippen LogP contribution in [0, 0.1) is 0 Å². The van der Waals surface area contributed by atoms with Crippen LogP contribution in [0.25, 0.3) is 0 Å². The number of esters is 1. The van der Waals surface area contributed by atoms with Crippen molar-refractivity contribution in [2.75, 3.05) is 6.54 Å². The first-order valence-electron chi connectivity index (χ1n) is 8.22. The predicted molar refractivity (Wildman–Crippen MR) is 82.3 cm³/mol. The molecule has 2 aliphatic rings. The summed E-state index contributed by atoms with van der Waals surface area (Å²) in [5.41, 5.74) is 5.39. The van der Waals surface area contributed by atoms with Crippen LogP contribution in [0.4, 0.5) is 4.79 Å². The highest BCUT2D eigenvalue weighted by atomic mass is 16.6. The quantitative estimate of drug-likeness (QED) is 0.790. The highest BCUT2D eigenvalue weighted by Gasteiger charge is 2.39. The molecule has 2 N–H and O–H groups in total. The lowest BCUT2D eigenvalue weighted by Gasteiger charge is -2.37. The van der Waals surface area contributed by atoms with Crippen molar-refractivity contribution < 1.29 is 19.1 Å². The first-order chi connectivity index (χ1) is 10.3. The fourth-order valence-corrected chi connectivity index (χ4v) is 3.00. The lowest BCUT2D eigenvalue weighted by atomic mass is 9.98. The van der Waals surface area contributed by atoms with E-state index in [1.165, 1.54) is 4.90 Å². The molecule has 2 atom stereocenters. The Morgan fingerprint density at radius 3 is 2.36 bits per heavy atom. The van der Waals surface area contributed by atoms with Gasteiger partial charge in [-0.3, -0.25) is 4.90 Å². The molecule has 1 aliphatic carbocycles. The van der Waals surface area contributed by atoms with Crippen molar-refractivity contribution in [1.29, 1.82) is 0 Å². The Hall–Kier alpha value is -1.30. The summed E-state index contributed by atoms with van der Waals surface area (Å²) in [6, 6.07) is -0.709. The van der Waals surface area contributed by atoms with E-state index >= 15 is 0 Å².